The summed E-state index contributed by atoms with van der Waals surface area (Å²) >= 11 is 0. The number of nitrogens with one attached hydrogen (secondary N) is 1. The Morgan fingerprint density at radius 3 is 2.34 bits per heavy atom. The summed E-state index contributed by atoms with van der Waals surface area (Å²) in [4.78, 5) is 17.0. The first-order valence-electron chi connectivity index (χ1n) is 9.47. The molecule has 7 heteroatoms. The van der Waals surface area contributed by atoms with Crippen LogP contribution in [0.5, 0.6) is 0 Å². The van der Waals surface area contributed by atoms with Crippen LogP contribution in [0, 0.1) is 26.2 Å². The predicted octanol–water partition coefficient (Wildman–Crippen LogP) is 2.18. The van der Waals surface area contributed by atoms with Gasteiger partial charge in [-0.15, -0.1) is 6.42 Å². The fourth-order valence-corrected chi connectivity index (χ4v) is 4.34. The van der Waals surface area contributed by atoms with E-state index in [2.05, 4.69) is 47.6 Å². The van der Waals surface area contributed by atoms with E-state index in [1.165, 1.54) is 28.9 Å². The second-order valence-electron chi connectivity index (χ2n) is 7.05. The van der Waals surface area contributed by atoms with Crippen LogP contribution in [0.15, 0.2) is 47.4 Å². The summed E-state index contributed by atoms with van der Waals surface area (Å²) in [6, 6.07) is 12.2. The Morgan fingerprint density at radius 1 is 1.07 bits per heavy atom. The van der Waals surface area contributed by atoms with E-state index in [0.717, 1.165) is 13.1 Å². The molecule has 2 aromatic rings. The van der Waals surface area contributed by atoms with E-state index in [4.69, 9.17) is 6.42 Å². The zero-order valence-electron chi connectivity index (χ0n) is 16.7. The zero-order valence-corrected chi connectivity index (χ0v) is 17.5. The standard InChI is InChI=1S/C22H25N3O3S/c1-4-12-23-29(27,28)20-10-8-19(9-11-20)22(26)25-15-13-24(14-16-25)21-7-5-6-17(2)18(21)3/h1,5-11,23H,12-16H2,2-3H3. The number of piperazine rings is 1. The van der Waals surface area contributed by atoms with Crippen molar-refractivity contribution in [3.05, 3.63) is 59.2 Å². The first kappa shape index (κ1) is 20.9. The van der Waals surface area contributed by atoms with E-state index in [1.807, 2.05) is 4.90 Å². The molecule has 0 spiro atoms. The largest absolute Gasteiger partial charge is 0.368 e. The molecule has 1 N–H and O–H groups in total. The maximum absolute atomic E-state index is 12.8. The lowest BCUT2D eigenvalue weighted by Gasteiger charge is -2.37. The molecule has 0 aliphatic carbocycles. The molecule has 0 atom stereocenters. The predicted molar refractivity (Wildman–Crippen MR) is 114 cm³/mol. The second-order valence-corrected chi connectivity index (χ2v) is 8.82. The van der Waals surface area contributed by atoms with Crippen LogP contribution < -0.4 is 9.62 Å². The molecule has 2 aromatic carbocycles. The Bertz CT molecular complexity index is 1030. The average molecular weight is 412 g/mol. The second kappa shape index (κ2) is 8.68. The highest BCUT2D eigenvalue weighted by Crippen LogP contribution is 2.24. The number of aryl methyl sites for hydroxylation is 1. The average Bonchev–Trinajstić information content (AvgIpc) is 2.74. The number of hydrogen-bond acceptors (Lipinski definition) is 4. The van der Waals surface area contributed by atoms with Gasteiger partial charge in [0.1, 0.15) is 0 Å². The van der Waals surface area contributed by atoms with Crippen molar-refractivity contribution in [2.75, 3.05) is 37.6 Å². The molecule has 1 heterocycles. The number of terminal acetylenes is 1. The normalized spacial score (nSPS) is 14.5. The Kier molecular flexibility index (Phi) is 6.26. The molecule has 1 aliphatic heterocycles. The number of carbonyl (C=O) groups excluding carboxylic acids is 1. The summed E-state index contributed by atoms with van der Waals surface area (Å²) in [5.74, 6) is 2.14. The fourth-order valence-electron chi connectivity index (χ4n) is 3.41. The third kappa shape index (κ3) is 4.61. The lowest BCUT2D eigenvalue weighted by Crippen LogP contribution is -2.49. The Hall–Kier alpha value is -2.82. The number of nitrogens with zero attached hydrogens (tertiary/aromatic N) is 2. The SMILES string of the molecule is C#CCNS(=O)(=O)c1ccc(C(=O)N2CCN(c3cccc(C)c3C)CC2)cc1. The van der Waals surface area contributed by atoms with E-state index in [-0.39, 0.29) is 17.3 Å². The molecule has 0 unspecified atom stereocenters. The van der Waals surface area contributed by atoms with Gasteiger partial charge in [0.25, 0.3) is 5.91 Å². The zero-order chi connectivity index (χ0) is 21.0. The summed E-state index contributed by atoms with van der Waals surface area (Å²) in [6.07, 6.45) is 5.09. The van der Waals surface area contributed by atoms with Crippen LogP contribution in [0.2, 0.25) is 0 Å². The molecule has 152 valence electrons. The summed E-state index contributed by atoms with van der Waals surface area (Å²) < 4.78 is 26.5. The van der Waals surface area contributed by atoms with Crippen LogP contribution in [0.25, 0.3) is 0 Å². The van der Waals surface area contributed by atoms with Gasteiger partial charge in [0.2, 0.25) is 10.0 Å². The van der Waals surface area contributed by atoms with Gasteiger partial charge in [0, 0.05) is 37.4 Å². The van der Waals surface area contributed by atoms with E-state index in [0.29, 0.717) is 18.7 Å². The van der Waals surface area contributed by atoms with E-state index < -0.39 is 10.0 Å². The lowest BCUT2D eigenvalue weighted by atomic mass is 10.1. The van der Waals surface area contributed by atoms with Gasteiger partial charge in [-0.05, 0) is 55.3 Å². The van der Waals surface area contributed by atoms with Crippen molar-refractivity contribution in [1.29, 1.82) is 0 Å². The molecule has 3 rings (SSSR count). The molecule has 0 bridgehead atoms. The van der Waals surface area contributed by atoms with E-state index >= 15 is 0 Å². The number of benzene rings is 2. The third-order valence-corrected chi connectivity index (χ3v) is 6.68. The van der Waals surface area contributed by atoms with Crippen molar-refractivity contribution < 1.29 is 13.2 Å². The van der Waals surface area contributed by atoms with Crippen LogP contribution in [0.4, 0.5) is 5.69 Å². The van der Waals surface area contributed by atoms with E-state index in [1.54, 1.807) is 12.1 Å². The van der Waals surface area contributed by atoms with Gasteiger partial charge < -0.3 is 9.80 Å². The topological polar surface area (TPSA) is 69.7 Å². The molecule has 1 saturated heterocycles. The van der Waals surface area contributed by atoms with Crippen molar-refractivity contribution in [2.24, 2.45) is 0 Å². The molecule has 1 aliphatic rings. The smallest absolute Gasteiger partial charge is 0.253 e. The first-order chi connectivity index (χ1) is 13.8. The molecule has 1 amide bonds. The molecule has 1 fully saturated rings. The molecule has 29 heavy (non-hydrogen) atoms. The lowest BCUT2D eigenvalue weighted by molar-refractivity contribution is 0.0746. The van der Waals surface area contributed by atoms with Gasteiger partial charge in [-0.2, -0.15) is 4.72 Å². The number of amides is 1. The Morgan fingerprint density at radius 2 is 1.72 bits per heavy atom. The van der Waals surface area contributed by atoms with Crippen molar-refractivity contribution in [3.63, 3.8) is 0 Å². The van der Waals surface area contributed by atoms with Gasteiger partial charge in [-0.1, -0.05) is 18.1 Å². The number of carbonyl (C=O) groups is 1. The maximum Gasteiger partial charge on any atom is 0.253 e. The van der Waals surface area contributed by atoms with Crippen molar-refractivity contribution >= 4 is 21.6 Å². The quantitative estimate of drug-likeness (QED) is 0.766. The summed E-state index contributed by atoms with van der Waals surface area (Å²) in [5, 5.41) is 0. The van der Waals surface area contributed by atoms with Gasteiger partial charge >= 0.3 is 0 Å². The molecular formula is C22H25N3O3S. The fraction of sp³-hybridized carbons (Fsp3) is 0.318. The Labute approximate surface area is 172 Å². The number of hydrogen-bond donors (Lipinski definition) is 1. The van der Waals surface area contributed by atoms with Gasteiger partial charge in [-0.3, -0.25) is 4.79 Å². The molecule has 6 nitrogen and oxygen atoms in total. The van der Waals surface area contributed by atoms with Gasteiger partial charge in [-0.25, -0.2) is 8.42 Å². The third-order valence-electron chi connectivity index (χ3n) is 5.26. The van der Waals surface area contributed by atoms with Crippen LogP contribution >= 0.6 is 0 Å². The highest BCUT2D eigenvalue weighted by molar-refractivity contribution is 7.89. The summed E-state index contributed by atoms with van der Waals surface area (Å²) in [6.45, 7) is 6.91. The first-order valence-corrected chi connectivity index (χ1v) is 11.0. The number of anilines is 1. The molecule has 0 saturated carbocycles. The molecule has 0 radical (unpaired) electrons. The molecule has 0 aromatic heterocycles. The minimum absolute atomic E-state index is 0.0757. The van der Waals surface area contributed by atoms with Crippen LogP contribution in [-0.4, -0.2) is 51.9 Å². The van der Waals surface area contributed by atoms with Gasteiger partial charge in [0.05, 0.1) is 11.4 Å². The minimum atomic E-state index is -3.66. The van der Waals surface area contributed by atoms with Crippen LogP contribution in [0.3, 0.4) is 0 Å². The number of rotatable bonds is 5. The van der Waals surface area contributed by atoms with Gasteiger partial charge in [0.15, 0.2) is 0 Å². The van der Waals surface area contributed by atoms with Crippen molar-refractivity contribution in [1.82, 2.24) is 9.62 Å². The minimum Gasteiger partial charge on any atom is -0.368 e. The van der Waals surface area contributed by atoms with Crippen molar-refractivity contribution in [2.45, 2.75) is 18.7 Å². The number of sulfonamides is 1. The van der Waals surface area contributed by atoms with Crippen LogP contribution in [-0.2, 0) is 10.0 Å². The maximum atomic E-state index is 12.8. The van der Waals surface area contributed by atoms with Crippen LogP contribution in [0.1, 0.15) is 21.5 Å². The summed E-state index contributed by atoms with van der Waals surface area (Å²) in [5.41, 5.74) is 4.21. The summed E-state index contributed by atoms with van der Waals surface area (Å²) in [7, 11) is -3.66. The highest BCUT2D eigenvalue weighted by Gasteiger charge is 2.23. The Balaban J connectivity index is 1.65. The van der Waals surface area contributed by atoms with Crippen molar-refractivity contribution in [3.8, 4) is 12.3 Å². The molecular weight excluding hydrogens is 386 g/mol. The highest BCUT2D eigenvalue weighted by atomic mass is 32.2. The monoisotopic (exact) mass is 411 g/mol. The van der Waals surface area contributed by atoms with E-state index in [9.17, 15) is 13.2 Å².